The number of methoxy groups -OCH3 is 1. The molecule has 23 heavy (non-hydrogen) atoms. The van der Waals surface area contributed by atoms with Crippen LogP contribution in [0.5, 0.6) is 10.9 Å². The third-order valence-corrected chi connectivity index (χ3v) is 4.31. The van der Waals surface area contributed by atoms with Crippen molar-refractivity contribution < 1.29 is 18.7 Å². The molecule has 0 spiro atoms. The Balaban J connectivity index is 1.58. The second-order valence-electron chi connectivity index (χ2n) is 5.16. The van der Waals surface area contributed by atoms with Crippen LogP contribution in [-0.2, 0) is 0 Å². The second-order valence-corrected chi connectivity index (χ2v) is 5.96. The summed E-state index contributed by atoms with van der Waals surface area (Å²) in [4.78, 5) is 14.1. The molecular formula is C15H16FN3O3S. The first-order valence-corrected chi connectivity index (χ1v) is 8.11. The Hall–Kier alpha value is -2.22. The lowest BCUT2D eigenvalue weighted by Crippen LogP contribution is -2.41. The topological polar surface area (TPSA) is 64.5 Å². The average molecular weight is 337 g/mol. The summed E-state index contributed by atoms with van der Waals surface area (Å²) in [5.41, 5.74) is 1.94. The quantitative estimate of drug-likeness (QED) is 0.857. The van der Waals surface area contributed by atoms with E-state index in [2.05, 4.69) is 10.2 Å². The molecule has 0 radical (unpaired) electrons. The Kier molecular flexibility index (Phi) is 4.71. The lowest BCUT2D eigenvalue weighted by atomic mass is 10.1. The number of piperidine rings is 1. The molecule has 0 unspecified atom stereocenters. The van der Waals surface area contributed by atoms with E-state index >= 15 is 0 Å². The van der Waals surface area contributed by atoms with Gasteiger partial charge in [-0.15, -0.1) is 10.2 Å². The molecule has 0 saturated carbocycles. The highest BCUT2D eigenvalue weighted by Gasteiger charge is 2.25. The minimum atomic E-state index is -0.534. The maximum atomic E-state index is 13.7. The van der Waals surface area contributed by atoms with Gasteiger partial charge in [0.2, 0.25) is 0 Å². The van der Waals surface area contributed by atoms with Crippen LogP contribution in [0.25, 0.3) is 0 Å². The first-order valence-electron chi connectivity index (χ1n) is 7.23. The minimum Gasteiger partial charge on any atom is -0.494 e. The number of carbonyl (C=O) groups is 1. The molecule has 2 heterocycles. The number of rotatable bonds is 4. The Morgan fingerprint density at radius 1 is 1.39 bits per heavy atom. The molecule has 0 bridgehead atoms. The summed E-state index contributed by atoms with van der Waals surface area (Å²) in [5.74, 6) is -0.584. The smallest absolute Gasteiger partial charge is 0.294 e. The number of aromatic nitrogens is 2. The van der Waals surface area contributed by atoms with Gasteiger partial charge in [0.1, 0.15) is 11.6 Å². The average Bonchev–Trinajstić information content (AvgIpc) is 3.08. The first kappa shape index (κ1) is 15.7. The Morgan fingerprint density at radius 3 is 2.78 bits per heavy atom. The molecule has 1 saturated heterocycles. The van der Waals surface area contributed by atoms with E-state index in [1.807, 2.05) is 0 Å². The zero-order chi connectivity index (χ0) is 16.2. The van der Waals surface area contributed by atoms with Crippen molar-refractivity contribution in [3.05, 3.63) is 35.1 Å². The third kappa shape index (κ3) is 3.58. The fourth-order valence-corrected chi connectivity index (χ4v) is 2.99. The van der Waals surface area contributed by atoms with Crippen molar-refractivity contribution in [3.8, 4) is 10.9 Å². The number of likely N-dealkylation sites (tertiary alicyclic amines) is 1. The van der Waals surface area contributed by atoms with Crippen LogP contribution in [0, 0.1) is 5.82 Å². The van der Waals surface area contributed by atoms with Gasteiger partial charge in [0, 0.05) is 31.5 Å². The maximum Gasteiger partial charge on any atom is 0.294 e. The van der Waals surface area contributed by atoms with Crippen LogP contribution in [0.2, 0.25) is 0 Å². The fourth-order valence-electron chi connectivity index (χ4n) is 2.52. The van der Waals surface area contributed by atoms with Gasteiger partial charge in [0.15, 0.2) is 11.6 Å². The second kappa shape index (κ2) is 6.91. The molecule has 3 rings (SSSR count). The minimum absolute atomic E-state index is 0.0274. The van der Waals surface area contributed by atoms with Crippen molar-refractivity contribution in [2.45, 2.75) is 18.9 Å². The predicted molar refractivity (Wildman–Crippen MR) is 82.4 cm³/mol. The Labute approximate surface area is 136 Å². The monoisotopic (exact) mass is 337 g/mol. The van der Waals surface area contributed by atoms with Crippen LogP contribution in [0.1, 0.15) is 23.2 Å². The van der Waals surface area contributed by atoms with Crippen LogP contribution < -0.4 is 9.47 Å². The summed E-state index contributed by atoms with van der Waals surface area (Å²) < 4.78 is 24.3. The van der Waals surface area contributed by atoms with Gasteiger partial charge in [-0.3, -0.25) is 4.79 Å². The van der Waals surface area contributed by atoms with Gasteiger partial charge in [0.05, 0.1) is 7.11 Å². The highest BCUT2D eigenvalue weighted by Crippen LogP contribution is 2.22. The number of nitrogens with zero attached hydrogens (tertiary/aromatic N) is 3. The third-order valence-electron chi connectivity index (χ3n) is 3.74. The van der Waals surface area contributed by atoms with Crippen molar-refractivity contribution in [2.75, 3.05) is 20.2 Å². The fraction of sp³-hybridized carbons (Fsp3) is 0.400. The Morgan fingerprint density at radius 2 is 2.17 bits per heavy atom. The summed E-state index contributed by atoms with van der Waals surface area (Å²) in [7, 11) is 1.39. The van der Waals surface area contributed by atoms with E-state index < -0.39 is 5.82 Å². The summed E-state index contributed by atoms with van der Waals surface area (Å²) in [6, 6.07) is 4.26. The van der Waals surface area contributed by atoms with Crippen LogP contribution in [0.15, 0.2) is 23.7 Å². The number of hydrogen-bond acceptors (Lipinski definition) is 6. The zero-order valence-electron chi connectivity index (χ0n) is 12.6. The summed E-state index contributed by atoms with van der Waals surface area (Å²) in [5, 5.41) is 8.12. The maximum absolute atomic E-state index is 13.7. The molecular weight excluding hydrogens is 321 g/mol. The lowest BCUT2D eigenvalue weighted by molar-refractivity contribution is 0.0593. The van der Waals surface area contributed by atoms with Gasteiger partial charge in [-0.25, -0.2) is 4.39 Å². The highest BCUT2D eigenvalue weighted by atomic mass is 32.1. The number of halogens is 1. The van der Waals surface area contributed by atoms with E-state index in [1.54, 1.807) is 16.5 Å². The van der Waals surface area contributed by atoms with Gasteiger partial charge in [-0.1, -0.05) is 11.3 Å². The molecule has 1 amide bonds. The van der Waals surface area contributed by atoms with E-state index in [1.165, 1.54) is 30.6 Å². The van der Waals surface area contributed by atoms with Gasteiger partial charge >= 0.3 is 0 Å². The number of carbonyl (C=O) groups excluding carboxylic acids is 1. The van der Waals surface area contributed by atoms with Gasteiger partial charge in [0.25, 0.3) is 11.1 Å². The number of ether oxygens (including phenoxy) is 2. The normalized spacial score (nSPS) is 15.5. The summed E-state index contributed by atoms with van der Waals surface area (Å²) >= 11 is 1.35. The zero-order valence-corrected chi connectivity index (χ0v) is 13.4. The SMILES string of the molecule is COc1ccc(C(=O)N2CCC(Oc3nncs3)CC2)cc1F. The lowest BCUT2D eigenvalue weighted by Gasteiger charge is -2.31. The Bertz CT molecular complexity index is 673. The number of amides is 1. The van der Waals surface area contributed by atoms with Crippen molar-refractivity contribution in [1.82, 2.24) is 15.1 Å². The molecule has 2 aromatic rings. The largest absolute Gasteiger partial charge is 0.494 e. The predicted octanol–water partition coefficient (Wildman–Crippen LogP) is 2.37. The molecule has 1 aromatic carbocycles. The van der Waals surface area contributed by atoms with Crippen LogP contribution in [-0.4, -0.2) is 47.3 Å². The molecule has 0 aliphatic carbocycles. The van der Waals surface area contributed by atoms with E-state index in [-0.39, 0.29) is 17.8 Å². The molecule has 6 nitrogen and oxygen atoms in total. The van der Waals surface area contributed by atoms with E-state index in [9.17, 15) is 9.18 Å². The van der Waals surface area contributed by atoms with Crippen LogP contribution >= 0.6 is 11.3 Å². The first-order chi connectivity index (χ1) is 11.2. The molecule has 8 heteroatoms. The molecule has 1 fully saturated rings. The standard InChI is InChI=1S/C15H16FN3O3S/c1-21-13-3-2-10(8-12(13)16)14(20)19-6-4-11(5-7-19)22-15-18-17-9-23-15/h2-3,8-9,11H,4-7H2,1H3. The number of hydrogen-bond donors (Lipinski definition) is 0. The van der Waals surface area contributed by atoms with Crippen LogP contribution in [0.3, 0.4) is 0 Å². The molecule has 1 aromatic heterocycles. The van der Waals surface area contributed by atoms with Crippen molar-refractivity contribution in [3.63, 3.8) is 0 Å². The van der Waals surface area contributed by atoms with E-state index in [4.69, 9.17) is 9.47 Å². The highest BCUT2D eigenvalue weighted by molar-refractivity contribution is 7.11. The van der Waals surface area contributed by atoms with Gasteiger partial charge < -0.3 is 14.4 Å². The van der Waals surface area contributed by atoms with Crippen LogP contribution in [0.4, 0.5) is 4.39 Å². The molecule has 0 atom stereocenters. The number of benzene rings is 1. The van der Waals surface area contributed by atoms with Gasteiger partial charge in [-0.05, 0) is 18.2 Å². The van der Waals surface area contributed by atoms with Gasteiger partial charge in [-0.2, -0.15) is 0 Å². The van der Waals surface area contributed by atoms with Crippen molar-refractivity contribution >= 4 is 17.2 Å². The molecule has 1 aliphatic rings. The summed E-state index contributed by atoms with van der Waals surface area (Å²) in [6.45, 7) is 1.13. The van der Waals surface area contributed by atoms with E-state index in [0.717, 1.165) is 0 Å². The molecule has 1 aliphatic heterocycles. The van der Waals surface area contributed by atoms with Crippen molar-refractivity contribution in [2.24, 2.45) is 0 Å². The van der Waals surface area contributed by atoms with E-state index in [0.29, 0.717) is 36.7 Å². The molecule has 0 N–H and O–H groups in total. The summed E-state index contributed by atoms with van der Waals surface area (Å²) in [6.07, 6.45) is 1.45. The van der Waals surface area contributed by atoms with Crippen molar-refractivity contribution in [1.29, 1.82) is 0 Å². The molecule has 122 valence electrons.